The maximum atomic E-state index is 13.4. The normalized spacial score (nSPS) is 17.9. The number of aliphatic hydroxyl groups excluding tert-OH is 1. The Hall–Kier alpha value is -4.53. The third kappa shape index (κ3) is 7.16. The van der Waals surface area contributed by atoms with Crippen LogP contribution < -0.4 is 15.4 Å². The van der Waals surface area contributed by atoms with Gasteiger partial charge >= 0.3 is 6.03 Å². The van der Waals surface area contributed by atoms with Gasteiger partial charge in [0, 0.05) is 30.8 Å². The number of tetrazole rings is 1. The summed E-state index contributed by atoms with van der Waals surface area (Å²) in [5.74, 6) is 0.222. The molecule has 3 N–H and O–H groups in total. The van der Waals surface area contributed by atoms with Crippen LogP contribution >= 0.6 is 0 Å². The molecule has 0 bridgehead atoms. The van der Waals surface area contributed by atoms with E-state index in [2.05, 4.69) is 31.3 Å². The molecule has 1 aromatic carbocycles. The van der Waals surface area contributed by atoms with Crippen LogP contribution in [0.25, 0.3) is 0 Å². The van der Waals surface area contributed by atoms with Crippen molar-refractivity contribution in [3.8, 4) is 5.75 Å². The van der Waals surface area contributed by atoms with Gasteiger partial charge in [-0.05, 0) is 49.4 Å². The van der Waals surface area contributed by atoms with E-state index in [1.54, 1.807) is 50.9 Å². The Morgan fingerprint density at radius 2 is 2.05 bits per heavy atom. The topological polar surface area (TPSA) is 181 Å². The minimum Gasteiger partial charge on any atom is -0.488 e. The number of carbonyl (C=O) groups is 3. The molecule has 0 saturated heterocycles. The number of amides is 4. The van der Waals surface area contributed by atoms with Crippen molar-refractivity contribution in [2.24, 2.45) is 5.92 Å². The number of urea groups is 1. The fourth-order valence-corrected chi connectivity index (χ4v) is 4.54. The predicted octanol–water partition coefficient (Wildman–Crippen LogP) is 1.23. The van der Waals surface area contributed by atoms with Crippen molar-refractivity contribution >= 4 is 29.2 Å². The molecule has 1 aliphatic heterocycles. The number of aliphatic hydroxyl groups is 1. The minimum absolute atomic E-state index is 0.00180. The highest BCUT2D eigenvalue weighted by molar-refractivity contribution is 5.91. The summed E-state index contributed by atoms with van der Waals surface area (Å²) in [7, 11) is 1.65. The monoisotopic (exact) mass is 569 g/mol. The van der Waals surface area contributed by atoms with Crippen LogP contribution in [0.4, 0.5) is 16.2 Å². The highest BCUT2D eigenvalue weighted by Gasteiger charge is 2.32. The number of anilines is 2. The molecule has 15 nitrogen and oxygen atoms in total. The van der Waals surface area contributed by atoms with Crippen LogP contribution in [0.3, 0.4) is 0 Å². The number of carbonyl (C=O) groups excluding carboxylic acids is 3. The summed E-state index contributed by atoms with van der Waals surface area (Å²) < 4.78 is 12.9. The van der Waals surface area contributed by atoms with Crippen LogP contribution in [-0.4, -0.2) is 97.0 Å². The first kappa shape index (κ1) is 29.5. The van der Waals surface area contributed by atoms with Crippen molar-refractivity contribution < 1.29 is 28.8 Å². The number of benzene rings is 1. The summed E-state index contributed by atoms with van der Waals surface area (Å²) in [6, 6.07) is 4.28. The Bertz CT molecular complexity index is 1360. The van der Waals surface area contributed by atoms with Crippen LogP contribution in [0, 0.1) is 19.8 Å². The van der Waals surface area contributed by atoms with Crippen LogP contribution in [0.2, 0.25) is 0 Å². The molecule has 4 rings (SSSR count). The number of hydrogen-bond acceptors (Lipinski definition) is 10. The molecular weight excluding hydrogens is 534 g/mol. The average molecular weight is 570 g/mol. The van der Waals surface area contributed by atoms with E-state index in [0.29, 0.717) is 40.7 Å². The summed E-state index contributed by atoms with van der Waals surface area (Å²) in [6.45, 7) is 7.40. The van der Waals surface area contributed by atoms with Gasteiger partial charge in [-0.25, -0.2) is 9.48 Å². The lowest BCUT2D eigenvalue weighted by atomic mass is 10.0. The highest BCUT2D eigenvalue weighted by Crippen LogP contribution is 2.29. The SMILES string of the molecule is Cc1noc(C)c1NC(=O)N(C)C[C@H]1Oc2ccc(NC(=O)Cn3cnnn3)cc2CC(=O)N([C@H](C)CO)C[C@@H]1C. The van der Waals surface area contributed by atoms with Gasteiger partial charge < -0.3 is 34.8 Å². The molecule has 0 fully saturated rings. The van der Waals surface area contributed by atoms with Crippen molar-refractivity contribution in [1.29, 1.82) is 0 Å². The number of aromatic nitrogens is 5. The molecule has 4 amide bonds. The summed E-state index contributed by atoms with van der Waals surface area (Å²) in [4.78, 5) is 42.1. The molecule has 0 unspecified atom stereocenters. The van der Waals surface area contributed by atoms with Gasteiger partial charge in [0.2, 0.25) is 11.8 Å². The zero-order chi connectivity index (χ0) is 29.7. The van der Waals surface area contributed by atoms with E-state index in [-0.39, 0.29) is 49.9 Å². The van der Waals surface area contributed by atoms with Crippen LogP contribution in [-0.2, 0) is 22.6 Å². The van der Waals surface area contributed by atoms with Gasteiger partial charge in [-0.3, -0.25) is 9.59 Å². The molecule has 1 aliphatic rings. The van der Waals surface area contributed by atoms with Crippen molar-refractivity contribution in [3.63, 3.8) is 0 Å². The van der Waals surface area contributed by atoms with E-state index >= 15 is 0 Å². The number of hydrogen-bond donors (Lipinski definition) is 3. The quantitative estimate of drug-likeness (QED) is 0.357. The minimum atomic E-state index is -0.506. The van der Waals surface area contributed by atoms with Gasteiger partial charge in [-0.15, -0.1) is 5.10 Å². The second-order valence-electron chi connectivity index (χ2n) is 10.3. The first-order valence-electron chi connectivity index (χ1n) is 13.2. The molecule has 0 radical (unpaired) electrons. The zero-order valence-electron chi connectivity index (χ0n) is 23.7. The second-order valence-corrected chi connectivity index (χ2v) is 10.3. The van der Waals surface area contributed by atoms with E-state index in [4.69, 9.17) is 9.26 Å². The molecule has 220 valence electrons. The number of ether oxygens (including phenoxy) is 1. The maximum absolute atomic E-state index is 13.4. The molecule has 0 spiro atoms. The van der Waals surface area contributed by atoms with Gasteiger partial charge in [0.15, 0.2) is 5.76 Å². The average Bonchev–Trinajstić information content (AvgIpc) is 3.57. The first-order valence-corrected chi connectivity index (χ1v) is 13.2. The standard InChI is InChI=1S/C26H35N9O6/c1-15-10-35(16(2)13-36)24(38)9-19-8-20(28-23(37)12-34-14-27-31-32-34)6-7-21(19)40-22(15)11-33(5)26(39)29-25-17(3)30-41-18(25)4/h6-8,14-16,22,36H,9-13H2,1-5H3,(H,28,37)(H,29,39)/t15-,16+,22+/m0/s1. The van der Waals surface area contributed by atoms with Gasteiger partial charge in [0.05, 0.1) is 25.6 Å². The van der Waals surface area contributed by atoms with Crippen molar-refractivity contribution in [1.82, 2.24) is 35.2 Å². The number of rotatable bonds is 8. The third-order valence-electron chi connectivity index (χ3n) is 6.96. The lowest BCUT2D eigenvalue weighted by molar-refractivity contribution is -0.134. The van der Waals surface area contributed by atoms with Gasteiger partial charge in [-0.2, -0.15) is 0 Å². The van der Waals surface area contributed by atoms with Gasteiger partial charge in [0.1, 0.15) is 36.1 Å². The van der Waals surface area contributed by atoms with E-state index in [1.807, 2.05) is 6.92 Å². The number of fused-ring (bicyclic) bond motifs is 1. The first-order chi connectivity index (χ1) is 19.5. The number of aryl methyl sites for hydroxylation is 2. The summed E-state index contributed by atoms with van der Waals surface area (Å²) in [6.07, 6.45) is 0.826. The molecule has 3 aromatic rings. The molecule has 41 heavy (non-hydrogen) atoms. The molecule has 3 heterocycles. The van der Waals surface area contributed by atoms with Crippen molar-refractivity contribution in [3.05, 3.63) is 41.5 Å². The summed E-state index contributed by atoms with van der Waals surface area (Å²) in [5, 5.41) is 30.1. The van der Waals surface area contributed by atoms with E-state index in [0.717, 1.165) is 0 Å². The van der Waals surface area contributed by atoms with Gasteiger partial charge in [0.25, 0.3) is 0 Å². The Labute approximate surface area is 236 Å². The van der Waals surface area contributed by atoms with E-state index in [9.17, 15) is 19.5 Å². The number of likely N-dealkylation sites (N-methyl/N-ethyl adjacent to an activating group) is 1. The summed E-state index contributed by atoms with van der Waals surface area (Å²) in [5.41, 5.74) is 2.11. The lowest BCUT2D eigenvalue weighted by Crippen LogP contribution is -2.48. The second kappa shape index (κ2) is 12.8. The fourth-order valence-electron chi connectivity index (χ4n) is 4.54. The summed E-state index contributed by atoms with van der Waals surface area (Å²) >= 11 is 0. The van der Waals surface area contributed by atoms with Gasteiger partial charge in [-0.1, -0.05) is 12.1 Å². The molecular formula is C26H35N9O6. The maximum Gasteiger partial charge on any atom is 0.321 e. The Kier molecular flexibility index (Phi) is 9.17. The van der Waals surface area contributed by atoms with Crippen LogP contribution in [0.1, 0.15) is 30.9 Å². The molecule has 15 heteroatoms. The van der Waals surface area contributed by atoms with E-state index in [1.165, 1.54) is 15.9 Å². The molecule has 0 aliphatic carbocycles. The number of nitrogens with one attached hydrogen (secondary N) is 2. The smallest absolute Gasteiger partial charge is 0.321 e. The van der Waals surface area contributed by atoms with Crippen LogP contribution in [0.15, 0.2) is 29.0 Å². The largest absolute Gasteiger partial charge is 0.488 e. The molecule has 3 atom stereocenters. The fraction of sp³-hybridized carbons (Fsp3) is 0.500. The predicted molar refractivity (Wildman–Crippen MR) is 146 cm³/mol. The Morgan fingerprint density at radius 1 is 1.27 bits per heavy atom. The van der Waals surface area contributed by atoms with Crippen molar-refractivity contribution in [2.75, 3.05) is 37.4 Å². The molecule has 2 aromatic heterocycles. The zero-order valence-corrected chi connectivity index (χ0v) is 23.7. The lowest BCUT2D eigenvalue weighted by Gasteiger charge is -2.34. The van der Waals surface area contributed by atoms with E-state index < -0.39 is 12.1 Å². The van der Waals surface area contributed by atoms with Crippen molar-refractivity contribution in [2.45, 2.75) is 52.8 Å². The third-order valence-corrected chi connectivity index (χ3v) is 6.96. The van der Waals surface area contributed by atoms with Crippen LogP contribution in [0.5, 0.6) is 5.75 Å². The molecule has 0 saturated carbocycles. The Morgan fingerprint density at radius 3 is 2.71 bits per heavy atom. The Balaban J connectivity index is 1.57. The number of nitrogens with zero attached hydrogens (tertiary/aromatic N) is 7. The highest BCUT2D eigenvalue weighted by atomic mass is 16.5.